The molecule has 4 aromatic rings. The Morgan fingerprint density at radius 2 is 1.45 bits per heavy atom. The summed E-state index contributed by atoms with van der Waals surface area (Å²) in [7, 11) is -1.41. The third kappa shape index (κ3) is 8.92. The van der Waals surface area contributed by atoms with Crippen molar-refractivity contribution >= 4 is 27.5 Å². The van der Waals surface area contributed by atoms with Crippen LogP contribution in [0.5, 0.6) is 11.5 Å². The maximum atomic E-state index is 14.6. The fourth-order valence-corrected chi connectivity index (χ4v) is 6.66. The molecule has 2 atom stereocenters. The van der Waals surface area contributed by atoms with E-state index in [-0.39, 0.29) is 35.6 Å². The number of methoxy groups -OCH3 is 2. The summed E-state index contributed by atoms with van der Waals surface area (Å²) >= 11 is 0. The van der Waals surface area contributed by atoms with Crippen LogP contribution in [0.15, 0.2) is 108 Å². The van der Waals surface area contributed by atoms with Crippen LogP contribution in [0.1, 0.15) is 37.0 Å². The minimum absolute atomic E-state index is 0.0765. The molecule has 0 unspecified atom stereocenters. The van der Waals surface area contributed by atoms with Gasteiger partial charge in [0, 0.05) is 25.1 Å². The number of amides is 2. The lowest BCUT2D eigenvalue weighted by Gasteiger charge is -2.34. The van der Waals surface area contributed by atoms with Crippen molar-refractivity contribution in [1.82, 2.24) is 10.2 Å². The van der Waals surface area contributed by atoms with Gasteiger partial charge >= 0.3 is 0 Å². The summed E-state index contributed by atoms with van der Waals surface area (Å²) in [5.74, 6) is -0.231. The number of carbonyl (C=O) groups is 2. The normalized spacial score (nSPS) is 12.4. The van der Waals surface area contributed by atoms with Crippen molar-refractivity contribution in [2.75, 3.05) is 25.1 Å². The van der Waals surface area contributed by atoms with Gasteiger partial charge in [-0.15, -0.1) is 0 Å². The van der Waals surface area contributed by atoms with Crippen LogP contribution < -0.4 is 19.1 Å². The number of hydrogen-bond donors (Lipinski definition) is 1. The third-order valence-electron chi connectivity index (χ3n) is 7.97. The molecule has 0 radical (unpaired) electrons. The van der Waals surface area contributed by atoms with Crippen LogP contribution in [0.4, 0.5) is 5.69 Å². The zero-order valence-electron chi connectivity index (χ0n) is 27.6. The Balaban J connectivity index is 1.81. The Kier molecular flexibility index (Phi) is 12.0. The lowest BCUT2D eigenvalue weighted by atomic mass is 10.0. The Morgan fingerprint density at radius 1 is 0.809 bits per heavy atom. The molecule has 4 rings (SSSR count). The molecular formula is C37H43N3O6S. The van der Waals surface area contributed by atoms with Gasteiger partial charge in [-0.1, -0.05) is 85.3 Å². The largest absolute Gasteiger partial charge is 0.493 e. The van der Waals surface area contributed by atoms with Gasteiger partial charge in [-0.25, -0.2) is 8.42 Å². The topological polar surface area (TPSA) is 105 Å². The lowest BCUT2D eigenvalue weighted by Crippen LogP contribution is -2.54. The second-order valence-corrected chi connectivity index (χ2v) is 13.3. The van der Waals surface area contributed by atoms with Crippen molar-refractivity contribution in [3.63, 3.8) is 0 Å². The van der Waals surface area contributed by atoms with Gasteiger partial charge in [-0.05, 0) is 55.7 Å². The van der Waals surface area contributed by atoms with Gasteiger partial charge in [0.15, 0.2) is 11.5 Å². The fourth-order valence-electron chi connectivity index (χ4n) is 5.23. The SMILES string of the molecule is CC[C@@H](C)NC(=O)[C@@H](Cc1ccccc1)N(Cc1cccc(C)c1)C(=O)CN(c1ccccc1)S(=O)(=O)c1ccc(OC)c(OC)c1. The highest BCUT2D eigenvalue weighted by molar-refractivity contribution is 7.92. The number of carbonyl (C=O) groups excluding carboxylic acids is 2. The molecule has 0 aromatic heterocycles. The molecule has 9 nitrogen and oxygen atoms in total. The Morgan fingerprint density at radius 3 is 2.06 bits per heavy atom. The smallest absolute Gasteiger partial charge is 0.264 e. The van der Waals surface area contributed by atoms with E-state index in [9.17, 15) is 18.0 Å². The number of anilines is 1. The predicted octanol–water partition coefficient (Wildman–Crippen LogP) is 5.76. The summed E-state index contributed by atoms with van der Waals surface area (Å²) in [5.41, 5.74) is 2.99. The van der Waals surface area contributed by atoms with Gasteiger partial charge in [0.1, 0.15) is 12.6 Å². The second kappa shape index (κ2) is 16.1. The molecule has 47 heavy (non-hydrogen) atoms. The summed E-state index contributed by atoms with van der Waals surface area (Å²) in [6, 6.07) is 28.9. The fraction of sp³-hybridized carbons (Fsp3) is 0.297. The summed E-state index contributed by atoms with van der Waals surface area (Å²) in [6.07, 6.45) is 0.954. The molecule has 0 spiro atoms. The highest BCUT2D eigenvalue weighted by Gasteiger charge is 2.35. The van der Waals surface area contributed by atoms with E-state index < -0.39 is 28.5 Å². The first-order valence-electron chi connectivity index (χ1n) is 15.6. The van der Waals surface area contributed by atoms with Crippen LogP contribution in [0, 0.1) is 6.92 Å². The molecule has 10 heteroatoms. The number of para-hydroxylation sites is 1. The molecule has 0 heterocycles. The number of hydrogen-bond acceptors (Lipinski definition) is 6. The predicted molar refractivity (Wildman–Crippen MR) is 184 cm³/mol. The number of nitrogens with zero attached hydrogens (tertiary/aromatic N) is 2. The molecule has 0 aliphatic carbocycles. The maximum absolute atomic E-state index is 14.6. The van der Waals surface area contributed by atoms with Crippen LogP contribution in [0.2, 0.25) is 0 Å². The number of benzene rings is 4. The van der Waals surface area contributed by atoms with Gasteiger partial charge in [0.2, 0.25) is 11.8 Å². The van der Waals surface area contributed by atoms with Crippen LogP contribution in [-0.2, 0) is 32.6 Å². The summed E-state index contributed by atoms with van der Waals surface area (Å²) in [5, 5.41) is 3.06. The average Bonchev–Trinajstić information content (AvgIpc) is 3.08. The summed E-state index contributed by atoms with van der Waals surface area (Å²) in [6.45, 7) is 5.40. The first-order valence-corrected chi connectivity index (χ1v) is 17.0. The minimum atomic E-state index is -4.30. The van der Waals surface area contributed by atoms with Crippen LogP contribution in [0.3, 0.4) is 0 Å². The van der Waals surface area contributed by atoms with Crippen molar-refractivity contribution in [2.24, 2.45) is 0 Å². The average molecular weight is 658 g/mol. The van der Waals surface area contributed by atoms with E-state index in [1.165, 1.54) is 37.3 Å². The van der Waals surface area contributed by atoms with Crippen LogP contribution in [-0.4, -0.2) is 58.0 Å². The molecule has 0 fully saturated rings. The van der Waals surface area contributed by atoms with Crippen molar-refractivity contribution in [3.8, 4) is 11.5 Å². The summed E-state index contributed by atoms with van der Waals surface area (Å²) in [4.78, 5) is 30.0. The molecular weight excluding hydrogens is 614 g/mol. The van der Waals surface area contributed by atoms with E-state index in [2.05, 4.69) is 5.32 Å². The van der Waals surface area contributed by atoms with E-state index in [0.717, 1.165) is 21.0 Å². The van der Waals surface area contributed by atoms with Crippen LogP contribution >= 0.6 is 0 Å². The first kappa shape index (κ1) is 35.0. The highest BCUT2D eigenvalue weighted by atomic mass is 32.2. The Hall–Kier alpha value is -4.83. The molecule has 0 aliphatic rings. The standard InChI is InChI=1S/C37H43N3O6S/c1-6-28(3)38-37(42)33(23-29-15-9-7-10-16-29)39(25-30-17-13-14-27(2)22-30)36(41)26-40(31-18-11-8-12-19-31)47(43,44)32-20-21-34(45-4)35(24-32)46-5/h7-22,24,28,33H,6,23,25-26H2,1-5H3,(H,38,42)/t28-,33-/m1/s1. The number of nitrogens with one attached hydrogen (secondary N) is 1. The Labute approximate surface area is 278 Å². The zero-order chi connectivity index (χ0) is 34.0. The minimum Gasteiger partial charge on any atom is -0.493 e. The quantitative estimate of drug-likeness (QED) is 0.174. The molecule has 0 bridgehead atoms. The molecule has 248 valence electrons. The van der Waals surface area contributed by atoms with E-state index in [0.29, 0.717) is 17.9 Å². The van der Waals surface area contributed by atoms with Crippen molar-refractivity contribution < 1.29 is 27.5 Å². The van der Waals surface area contributed by atoms with Crippen LogP contribution in [0.25, 0.3) is 0 Å². The van der Waals surface area contributed by atoms with E-state index in [4.69, 9.17) is 9.47 Å². The molecule has 0 aliphatic heterocycles. The van der Waals surface area contributed by atoms with Gasteiger partial charge in [-0.2, -0.15) is 0 Å². The van der Waals surface area contributed by atoms with Gasteiger partial charge in [0.05, 0.1) is 24.8 Å². The van der Waals surface area contributed by atoms with E-state index in [1.807, 2.05) is 75.4 Å². The molecule has 2 amide bonds. The lowest BCUT2D eigenvalue weighted by molar-refractivity contribution is -0.140. The number of ether oxygens (including phenoxy) is 2. The molecule has 0 saturated heterocycles. The highest BCUT2D eigenvalue weighted by Crippen LogP contribution is 2.32. The van der Waals surface area contributed by atoms with Crippen molar-refractivity contribution in [3.05, 3.63) is 120 Å². The number of rotatable bonds is 15. The Bertz CT molecular complexity index is 1750. The summed E-state index contributed by atoms with van der Waals surface area (Å²) < 4.78 is 40.4. The van der Waals surface area contributed by atoms with Crippen molar-refractivity contribution in [2.45, 2.75) is 57.1 Å². The first-order chi connectivity index (χ1) is 22.6. The monoisotopic (exact) mass is 657 g/mol. The molecule has 1 N–H and O–H groups in total. The molecule has 0 saturated carbocycles. The van der Waals surface area contributed by atoms with Gasteiger partial charge in [-0.3, -0.25) is 13.9 Å². The third-order valence-corrected chi connectivity index (χ3v) is 9.74. The van der Waals surface area contributed by atoms with Gasteiger partial charge in [0.25, 0.3) is 10.0 Å². The second-order valence-electron chi connectivity index (χ2n) is 11.4. The van der Waals surface area contributed by atoms with E-state index in [1.54, 1.807) is 30.3 Å². The van der Waals surface area contributed by atoms with E-state index >= 15 is 0 Å². The maximum Gasteiger partial charge on any atom is 0.264 e. The zero-order valence-corrected chi connectivity index (χ0v) is 28.4. The number of aryl methyl sites for hydroxylation is 1. The number of sulfonamides is 1. The van der Waals surface area contributed by atoms with Gasteiger partial charge < -0.3 is 19.7 Å². The van der Waals surface area contributed by atoms with Crippen molar-refractivity contribution in [1.29, 1.82) is 0 Å². The molecule has 4 aromatic carbocycles.